The Hall–Kier alpha value is -1.96. The van der Waals surface area contributed by atoms with Crippen LogP contribution in [0.1, 0.15) is 0 Å². The van der Waals surface area contributed by atoms with Crippen LogP contribution in [-0.4, -0.2) is 82.3 Å². The predicted molar refractivity (Wildman–Crippen MR) is 184 cm³/mol. The Kier molecular flexibility index (Phi) is 14.3. The number of nitrogens with zero attached hydrogens (tertiary/aromatic N) is 8. The molecule has 0 saturated carbocycles. The van der Waals surface area contributed by atoms with Gasteiger partial charge in [0, 0.05) is 0 Å². The van der Waals surface area contributed by atoms with Gasteiger partial charge in [0.25, 0.3) is 0 Å². The molecule has 0 spiro atoms. The van der Waals surface area contributed by atoms with E-state index in [0.717, 1.165) is 41.6 Å². The van der Waals surface area contributed by atoms with Crippen LogP contribution >= 0.6 is 15.6 Å². The van der Waals surface area contributed by atoms with E-state index in [4.69, 9.17) is 0 Å². The van der Waals surface area contributed by atoms with E-state index in [-0.39, 0.29) is 20.4 Å². The number of aromatic nitrogens is 8. The van der Waals surface area contributed by atoms with Gasteiger partial charge >= 0.3 is 355 Å². The van der Waals surface area contributed by atoms with E-state index in [0.29, 0.717) is 0 Å². The Morgan fingerprint density at radius 2 is 0.564 bits per heavy atom. The maximum atomic E-state index is 9.87. The van der Waals surface area contributed by atoms with Crippen molar-refractivity contribution in [1.82, 2.24) is 18.3 Å². The standard InChI is InChI=1S/2C14H14N4Se2.2F6P.Pd/c2*1-15-6-8-17(13(15)19)11-4-3-5-12(10-11)18-9-7-16(2)14(18)20;2*1-7(2,3,4,5)6;/h2*3-10H,1-2H3;;;/q;;2*-1;+2. The summed E-state index contributed by atoms with van der Waals surface area (Å²) in [4.78, 5) is 0. The second kappa shape index (κ2) is 16.0. The molecule has 0 aliphatic rings. The van der Waals surface area contributed by atoms with Crippen LogP contribution in [0, 0.1) is 0 Å². The molecule has 4 heterocycles. The molecule has 0 unspecified atom stereocenters. The van der Waals surface area contributed by atoms with Gasteiger partial charge in [-0.2, -0.15) is 0 Å². The second-order valence-electron chi connectivity index (χ2n) is 11.2. The van der Waals surface area contributed by atoms with E-state index in [1.165, 1.54) is 0 Å². The minimum Gasteiger partial charge on any atom is 2.00 e. The molecule has 0 atom stereocenters. The number of halogens is 12. The summed E-state index contributed by atoms with van der Waals surface area (Å²) in [5, 5.41) is 0. The number of hydrogen-bond acceptors (Lipinski definition) is 0. The summed E-state index contributed by atoms with van der Waals surface area (Å²) in [7, 11) is -13.2. The molecule has 0 saturated heterocycles. The summed E-state index contributed by atoms with van der Waals surface area (Å²) >= 11 is 12.4. The van der Waals surface area contributed by atoms with Gasteiger partial charge in [-0.15, -0.1) is 0 Å². The molecular weight excluding hydrogens is 1160 g/mol. The van der Waals surface area contributed by atoms with Crippen molar-refractivity contribution in [3.63, 3.8) is 0 Å². The third kappa shape index (κ3) is 17.6. The Bertz CT molecular complexity index is 1990. The number of benzene rings is 2. The van der Waals surface area contributed by atoms with E-state index in [1.807, 2.05) is 53.0 Å². The number of rotatable bonds is 4. The van der Waals surface area contributed by atoms with E-state index >= 15 is 0 Å². The van der Waals surface area contributed by atoms with Crippen molar-refractivity contribution in [3.8, 4) is 22.7 Å². The minimum absolute atomic E-state index is 0. The van der Waals surface area contributed by atoms with Crippen LogP contribution in [0.5, 0.6) is 0 Å². The second-order valence-corrected chi connectivity index (χ2v) is 18.1. The molecule has 0 radical (unpaired) electrons. The van der Waals surface area contributed by atoms with E-state index in [1.54, 1.807) is 0 Å². The van der Waals surface area contributed by atoms with Crippen molar-refractivity contribution in [2.75, 3.05) is 0 Å². The van der Waals surface area contributed by atoms with Crippen LogP contribution in [-0.2, 0) is 48.6 Å². The fourth-order valence-electron chi connectivity index (χ4n) is 4.23. The number of imidazole rings is 4. The Morgan fingerprint density at radius 3 is 0.691 bits per heavy atom. The smallest absolute Gasteiger partial charge is 2.00 e. The first-order valence-corrected chi connectivity index (χ1v) is 21.8. The summed E-state index contributed by atoms with van der Waals surface area (Å²) in [6, 6.07) is 16.9. The third-order valence-electron chi connectivity index (χ3n) is 6.56. The zero-order valence-corrected chi connectivity index (χ0v) is 38.4. The van der Waals surface area contributed by atoms with Gasteiger partial charge in [0.1, 0.15) is 0 Å². The average Bonchev–Trinajstić information content (AvgIpc) is 3.74. The van der Waals surface area contributed by atoms with Crippen LogP contribution in [0.4, 0.5) is 50.4 Å². The van der Waals surface area contributed by atoms with Crippen molar-refractivity contribution >= 4 is 98.6 Å². The van der Waals surface area contributed by atoms with Crippen LogP contribution in [0.2, 0.25) is 0 Å². The number of aryl methyl sites for hydroxylation is 4. The molecule has 6 rings (SSSR count). The first kappa shape index (κ1) is 49.2. The van der Waals surface area contributed by atoms with Crippen LogP contribution in [0.3, 0.4) is 0 Å². The van der Waals surface area contributed by atoms with E-state index < -0.39 is 15.6 Å². The van der Waals surface area contributed by atoms with E-state index in [9.17, 15) is 50.4 Å². The molecule has 2 aromatic carbocycles. The number of hydrogen-bond donors (Lipinski definition) is 0. The largest absolute Gasteiger partial charge is 2.00 e. The molecule has 0 amide bonds. The summed E-state index contributed by atoms with van der Waals surface area (Å²) in [6.07, 6.45) is 16.4. The Labute approximate surface area is 352 Å². The summed E-state index contributed by atoms with van der Waals surface area (Å²) in [5.74, 6) is 0. The molecule has 0 fully saturated rings. The molecule has 27 heteroatoms. The summed E-state index contributed by atoms with van der Waals surface area (Å²) < 4.78 is 139. The first-order chi connectivity index (χ1) is 24.0. The fourth-order valence-corrected chi connectivity index (χ4v) is 6.13. The van der Waals surface area contributed by atoms with Crippen molar-refractivity contribution in [2.45, 2.75) is 0 Å². The van der Waals surface area contributed by atoms with E-state index in [2.05, 4.69) is 174 Å². The van der Waals surface area contributed by atoms with Gasteiger partial charge in [-0.05, 0) is 0 Å². The summed E-state index contributed by atoms with van der Waals surface area (Å²) in [5.41, 5.74) is 4.53. The molecule has 308 valence electrons. The van der Waals surface area contributed by atoms with Gasteiger partial charge in [-0.1, -0.05) is 0 Å². The predicted octanol–water partition coefficient (Wildman–Crippen LogP) is 3.77. The van der Waals surface area contributed by atoms with Gasteiger partial charge < -0.3 is 0 Å². The zero-order chi connectivity index (χ0) is 41.4. The normalized spacial score (nSPS) is 13.8. The first-order valence-electron chi connectivity index (χ1n) is 14.4. The molecule has 0 N–H and O–H groups in total. The van der Waals surface area contributed by atoms with Crippen LogP contribution in [0.15, 0.2) is 98.1 Å². The van der Waals surface area contributed by atoms with Crippen molar-refractivity contribution in [3.05, 3.63) is 98.1 Å². The Balaban J connectivity index is 0.000000281. The minimum atomic E-state index is -10.7. The van der Waals surface area contributed by atoms with Gasteiger partial charge in [0.15, 0.2) is 0 Å². The molecule has 0 aliphatic heterocycles. The quantitative estimate of drug-likeness (QED) is 0.112. The molecule has 4 aromatic heterocycles. The van der Waals surface area contributed by atoms with Crippen LogP contribution in [0.25, 0.3) is 22.7 Å². The zero-order valence-electron chi connectivity index (χ0n) is 28.2. The monoisotopic (exact) mass is 1190 g/mol. The summed E-state index contributed by atoms with van der Waals surface area (Å²) in [6.45, 7) is 0. The fraction of sp³-hybridized carbons (Fsp3) is 0.143. The van der Waals surface area contributed by atoms with Gasteiger partial charge in [0.2, 0.25) is 0 Å². The Morgan fingerprint density at radius 1 is 0.400 bits per heavy atom. The molecule has 0 bridgehead atoms. The molecular formula is C28H28F12N8P2PdSe4. The van der Waals surface area contributed by atoms with Crippen LogP contribution < -0.4 is 37.2 Å². The third-order valence-corrected chi connectivity index (χ3v) is 10.6. The van der Waals surface area contributed by atoms with Gasteiger partial charge in [-0.3, -0.25) is 0 Å². The molecule has 8 nitrogen and oxygen atoms in total. The van der Waals surface area contributed by atoms with Crippen molar-refractivity contribution in [1.29, 1.82) is 0 Å². The van der Waals surface area contributed by atoms with Crippen molar-refractivity contribution < 1.29 is 89.1 Å². The maximum absolute atomic E-state index is 10.7. The van der Waals surface area contributed by atoms with Crippen molar-refractivity contribution in [2.24, 2.45) is 28.2 Å². The van der Waals surface area contributed by atoms with Gasteiger partial charge in [-0.25, -0.2) is 0 Å². The maximum Gasteiger partial charge on any atom is 2.00 e. The topological polar surface area (TPSA) is 35.2 Å². The molecule has 6 aromatic rings. The van der Waals surface area contributed by atoms with Gasteiger partial charge in [0.05, 0.1) is 0 Å². The average molecular weight is 1190 g/mol. The SMILES string of the molecule is C[n+]1ccn(-c2cccc(-n3cc[n+](C)c3[Se-])c2)c1[Se-].C[n+]1ccn(-c2cccc(-n3cc[n+](C)c3[Se-])c2)c1[Se-].F[P-](F)(F)(F)(F)F.F[P-](F)(F)(F)(F)F.[Pd+2]. The molecule has 0 aliphatic carbocycles. The molecule has 55 heavy (non-hydrogen) atoms.